The van der Waals surface area contributed by atoms with E-state index in [2.05, 4.69) is 4.98 Å². The maximum Gasteiger partial charge on any atom is 0.317 e. The highest BCUT2D eigenvalue weighted by Crippen LogP contribution is 2.28. The molecule has 0 unspecified atom stereocenters. The minimum atomic E-state index is -0.251. The topological polar surface area (TPSA) is 39.2 Å². The molecule has 0 saturated carbocycles. The highest BCUT2D eigenvalue weighted by atomic mass is 35.5. The van der Waals surface area contributed by atoms with Crippen molar-refractivity contribution in [1.82, 2.24) is 4.98 Å². The smallest absolute Gasteiger partial charge is 0.317 e. The lowest BCUT2D eigenvalue weighted by molar-refractivity contribution is -0.132. The molecular weight excluding hydrogens is 214 g/mol. The summed E-state index contributed by atoms with van der Waals surface area (Å²) in [5.41, 5.74) is 1.61. The predicted octanol–water partition coefficient (Wildman–Crippen LogP) is 2.35. The van der Waals surface area contributed by atoms with Crippen molar-refractivity contribution in [3.8, 4) is 5.88 Å². The van der Waals surface area contributed by atoms with E-state index < -0.39 is 0 Å². The Labute approximate surface area is 90.6 Å². The largest absolute Gasteiger partial charge is 0.407 e. The molecule has 2 heterocycles. The summed E-state index contributed by atoms with van der Waals surface area (Å²) in [6.07, 6.45) is 0.296. The van der Waals surface area contributed by atoms with Gasteiger partial charge < -0.3 is 4.74 Å². The third-order valence-corrected chi connectivity index (χ3v) is 2.60. The Balaban J connectivity index is 2.29. The molecule has 1 aliphatic rings. The molecule has 3 nitrogen and oxygen atoms in total. The zero-order valence-corrected chi connectivity index (χ0v) is 8.41. The molecule has 1 aromatic carbocycles. The van der Waals surface area contributed by atoms with Crippen molar-refractivity contribution in [3.05, 3.63) is 34.9 Å². The number of benzene rings is 1. The van der Waals surface area contributed by atoms with E-state index in [-0.39, 0.29) is 5.97 Å². The van der Waals surface area contributed by atoms with Gasteiger partial charge in [-0.1, -0.05) is 11.6 Å². The number of nitrogens with zero attached hydrogens (tertiary/aromatic N) is 1. The number of esters is 1. The monoisotopic (exact) mass is 219 g/mol. The van der Waals surface area contributed by atoms with Crippen LogP contribution in [0.5, 0.6) is 5.88 Å². The van der Waals surface area contributed by atoms with Gasteiger partial charge in [-0.05, 0) is 24.3 Å². The molecule has 1 aliphatic heterocycles. The van der Waals surface area contributed by atoms with E-state index in [4.69, 9.17) is 16.3 Å². The summed E-state index contributed by atoms with van der Waals surface area (Å²) in [4.78, 5) is 15.3. The van der Waals surface area contributed by atoms with Crippen LogP contribution in [-0.4, -0.2) is 11.0 Å². The number of ether oxygens (including phenoxy) is 1. The number of pyridine rings is 1. The van der Waals surface area contributed by atoms with E-state index in [0.717, 1.165) is 16.5 Å². The Hall–Kier alpha value is -1.61. The van der Waals surface area contributed by atoms with Crippen molar-refractivity contribution in [3.63, 3.8) is 0 Å². The van der Waals surface area contributed by atoms with Gasteiger partial charge in [-0.25, -0.2) is 4.98 Å². The predicted molar refractivity (Wildman–Crippen MR) is 56.1 cm³/mol. The van der Waals surface area contributed by atoms with Crippen LogP contribution in [0.2, 0.25) is 5.02 Å². The summed E-state index contributed by atoms with van der Waals surface area (Å²) in [6, 6.07) is 7.30. The first-order valence-electron chi connectivity index (χ1n) is 4.52. The fraction of sp³-hybridized carbons (Fsp3) is 0.0909. The zero-order valence-electron chi connectivity index (χ0n) is 7.66. The number of carbonyl (C=O) groups is 1. The van der Waals surface area contributed by atoms with Crippen LogP contribution in [0, 0.1) is 0 Å². The molecule has 0 amide bonds. The first-order valence-corrected chi connectivity index (χ1v) is 4.90. The Kier molecular flexibility index (Phi) is 1.70. The highest BCUT2D eigenvalue weighted by Gasteiger charge is 2.22. The fourth-order valence-corrected chi connectivity index (χ4v) is 1.87. The van der Waals surface area contributed by atoms with E-state index in [1.807, 2.05) is 18.2 Å². The number of hydrogen-bond donors (Lipinski definition) is 0. The quantitative estimate of drug-likeness (QED) is 0.639. The maximum atomic E-state index is 11.1. The minimum absolute atomic E-state index is 0.251. The Bertz CT molecular complexity index is 580. The van der Waals surface area contributed by atoms with Crippen LogP contribution in [0.1, 0.15) is 5.56 Å². The van der Waals surface area contributed by atoms with Gasteiger partial charge in [0.15, 0.2) is 0 Å². The average Bonchev–Trinajstić information content (AvgIpc) is 2.53. The van der Waals surface area contributed by atoms with Crippen molar-refractivity contribution in [2.75, 3.05) is 0 Å². The second kappa shape index (κ2) is 2.94. The van der Waals surface area contributed by atoms with Crippen molar-refractivity contribution in [2.24, 2.45) is 0 Å². The maximum absolute atomic E-state index is 11.1. The number of fused-ring (bicyclic) bond motifs is 2. The number of aromatic nitrogens is 1. The van der Waals surface area contributed by atoms with Gasteiger partial charge in [0.05, 0.1) is 11.9 Å². The SMILES string of the molecule is O=C1Cc2cc3cc(Cl)ccc3nc2O1. The van der Waals surface area contributed by atoms with E-state index in [1.54, 1.807) is 6.07 Å². The summed E-state index contributed by atoms with van der Waals surface area (Å²) < 4.78 is 4.96. The van der Waals surface area contributed by atoms with Crippen LogP contribution in [0.3, 0.4) is 0 Å². The molecule has 0 saturated heterocycles. The summed E-state index contributed by atoms with van der Waals surface area (Å²) in [7, 11) is 0. The normalized spacial score (nSPS) is 14.1. The Morgan fingerprint density at radius 1 is 1.33 bits per heavy atom. The number of halogens is 1. The van der Waals surface area contributed by atoms with Crippen LogP contribution >= 0.6 is 11.6 Å². The van der Waals surface area contributed by atoms with Crippen LogP contribution in [0.15, 0.2) is 24.3 Å². The molecule has 0 fully saturated rings. The lowest BCUT2D eigenvalue weighted by Gasteiger charge is -2.00. The average molecular weight is 220 g/mol. The number of hydrogen-bond acceptors (Lipinski definition) is 3. The molecule has 0 atom stereocenters. The van der Waals surface area contributed by atoms with Gasteiger partial charge in [-0.3, -0.25) is 4.79 Å². The lowest BCUT2D eigenvalue weighted by Crippen LogP contribution is -2.00. The molecule has 15 heavy (non-hydrogen) atoms. The third kappa shape index (κ3) is 1.36. The molecule has 2 aromatic rings. The summed E-state index contributed by atoms with van der Waals surface area (Å²) >= 11 is 5.87. The van der Waals surface area contributed by atoms with Crippen molar-refractivity contribution in [2.45, 2.75) is 6.42 Å². The van der Waals surface area contributed by atoms with E-state index in [1.165, 1.54) is 0 Å². The lowest BCUT2D eigenvalue weighted by atomic mass is 10.1. The van der Waals surface area contributed by atoms with Gasteiger partial charge >= 0.3 is 5.97 Å². The Morgan fingerprint density at radius 2 is 2.20 bits per heavy atom. The molecule has 0 radical (unpaired) electrons. The van der Waals surface area contributed by atoms with Gasteiger partial charge in [0, 0.05) is 16.0 Å². The fourth-order valence-electron chi connectivity index (χ4n) is 1.69. The molecule has 4 heteroatoms. The molecule has 0 N–H and O–H groups in total. The van der Waals surface area contributed by atoms with Crippen molar-refractivity contribution < 1.29 is 9.53 Å². The highest BCUT2D eigenvalue weighted by molar-refractivity contribution is 6.31. The van der Waals surface area contributed by atoms with E-state index in [9.17, 15) is 4.79 Å². The Morgan fingerprint density at radius 3 is 3.07 bits per heavy atom. The first kappa shape index (κ1) is 8.68. The summed E-state index contributed by atoms with van der Waals surface area (Å²) in [5.74, 6) is 0.175. The van der Waals surface area contributed by atoms with Crippen LogP contribution in [0.4, 0.5) is 0 Å². The first-order chi connectivity index (χ1) is 7.22. The summed E-state index contributed by atoms with van der Waals surface area (Å²) in [6.45, 7) is 0. The minimum Gasteiger partial charge on any atom is -0.407 e. The van der Waals surface area contributed by atoms with Crippen LogP contribution in [-0.2, 0) is 11.2 Å². The molecule has 3 rings (SSSR count). The molecule has 1 aromatic heterocycles. The standard InChI is InChI=1S/C11H6ClNO2/c12-8-1-2-9-6(4-8)3-7-5-10(14)15-11(7)13-9/h1-4H,5H2. The van der Waals surface area contributed by atoms with Gasteiger partial charge in [-0.2, -0.15) is 0 Å². The second-order valence-electron chi connectivity index (χ2n) is 3.44. The van der Waals surface area contributed by atoms with Crippen LogP contribution < -0.4 is 4.74 Å². The van der Waals surface area contributed by atoms with Gasteiger partial charge in [-0.15, -0.1) is 0 Å². The van der Waals surface area contributed by atoms with Gasteiger partial charge in [0.25, 0.3) is 0 Å². The number of rotatable bonds is 0. The van der Waals surface area contributed by atoms with E-state index >= 15 is 0 Å². The molecular formula is C11H6ClNO2. The van der Waals surface area contributed by atoms with Crippen molar-refractivity contribution >= 4 is 28.5 Å². The van der Waals surface area contributed by atoms with Crippen LogP contribution in [0.25, 0.3) is 10.9 Å². The molecule has 0 aliphatic carbocycles. The second-order valence-corrected chi connectivity index (χ2v) is 3.88. The van der Waals surface area contributed by atoms with Gasteiger partial charge in [0.1, 0.15) is 0 Å². The number of carbonyl (C=O) groups excluding carboxylic acids is 1. The third-order valence-electron chi connectivity index (χ3n) is 2.36. The zero-order chi connectivity index (χ0) is 10.4. The molecule has 0 spiro atoms. The van der Waals surface area contributed by atoms with Crippen molar-refractivity contribution in [1.29, 1.82) is 0 Å². The summed E-state index contributed by atoms with van der Waals surface area (Å²) in [5, 5.41) is 1.59. The van der Waals surface area contributed by atoms with Gasteiger partial charge in [0.2, 0.25) is 5.88 Å². The van der Waals surface area contributed by atoms with E-state index in [0.29, 0.717) is 17.3 Å². The molecule has 74 valence electrons. The molecule has 0 bridgehead atoms.